The van der Waals surface area contributed by atoms with Crippen molar-refractivity contribution in [2.24, 2.45) is 11.8 Å². The highest BCUT2D eigenvalue weighted by Gasteiger charge is 2.33. The molecule has 2 atom stereocenters. The van der Waals surface area contributed by atoms with Crippen molar-refractivity contribution in [2.75, 3.05) is 6.54 Å². The minimum atomic E-state index is -0.774. The van der Waals surface area contributed by atoms with Crippen molar-refractivity contribution in [1.29, 1.82) is 0 Å². The summed E-state index contributed by atoms with van der Waals surface area (Å²) < 4.78 is 0. The van der Waals surface area contributed by atoms with Gasteiger partial charge in [0, 0.05) is 12.5 Å². The molecule has 5 heteroatoms. The number of carboxylic acid groups (broad SMARTS) is 1. The summed E-state index contributed by atoms with van der Waals surface area (Å²) in [5.41, 5.74) is 1.23. The van der Waals surface area contributed by atoms with E-state index < -0.39 is 5.97 Å². The van der Waals surface area contributed by atoms with Crippen molar-refractivity contribution in [3.8, 4) is 0 Å². The Morgan fingerprint density at radius 1 is 1.39 bits per heavy atom. The van der Waals surface area contributed by atoms with Crippen LogP contribution in [0.5, 0.6) is 0 Å². The fraction of sp³-hybridized carbons (Fsp3) is 0.538. The smallest absolute Gasteiger partial charge is 0.306 e. The molecule has 1 aromatic rings. The summed E-state index contributed by atoms with van der Waals surface area (Å²) in [7, 11) is 0. The molecule has 0 unspecified atom stereocenters. The zero-order valence-corrected chi connectivity index (χ0v) is 10.9. The molecule has 0 spiro atoms. The highest BCUT2D eigenvalue weighted by Crippen LogP contribution is 2.31. The number of carboxylic acids is 1. The van der Waals surface area contributed by atoms with Gasteiger partial charge >= 0.3 is 5.97 Å². The lowest BCUT2D eigenvalue weighted by Crippen LogP contribution is -2.31. The molecule has 1 saturated carbocycles. The normalized spacial score (nSPS) is 22.9. The molecule has 0 bridgehead atoms. The number of thiophene rings is 1. The maximum absolute atomic E-state index is 11.8. The predicted octanol–water partition coefficient (Wildman–Crippen LogP) is 1.91. The third kappa shape index (κ3) is 3.32. The van der Waals surface area contributed by atoms with Crippen molar-refractivity contribution in [3.63, 3.8) is 0 Å². The van der Waals surface area contributed by atoms with E-state index in [2.05, 4.69) is 10.7 Å². The van der Waals surface area contributed by atoms with E-state index in [1.165, 1.54) is 5.56 Å². The van der Waals surface area contributed by atoms with Crippen molar-refractivity contribution >= 4 is 23.2 Å². The van der Waals surface area contributed by atoms with Crippen LogP contribution in [0.4, 0.5) is 0 Å². The molecule has 1 aromatic heterocycles. The molecular weight excluding hydrogens is 250 g/mol. The van der Waals surface area contributed by atoms with Gasteiger partial charge in [0.25, 0.3) is 0 Å². The second kappa shape index (κ2) is 6.00. The number of amides is 1. The van der Waals surface area contributed by atoms with Gasteiger partial charge in [-0.2, -0.15) is 11.3 Å². The fourth-order valence-corrected chi connectivity index (χ4v) is 3.06. The molecule has 4 nitrogen and oxygen atoms in total. The Bertz CT molecular complexity index is 416. The summed E-state index contributed by atoms with van der Waals surface area (Å²) in [6.07, 6.45) is 2.64. The van der Waals surface area contributed by atoms with Gasteiger partial charge in [-0.05, 0) is 48.1 Å². The van der Waals surface area contributed by atoms with Crippen LogP contribution in [0.3, 0.4) is 0 Å². The van der Waals surface area contributed by atoms with E-state index in [4.69, 9.17) is 5.11 Å². The zero-order valence-electron chi connectivity index (χ0n) is 10.1. The molecule has 0 radical (unpaired) electrons. The molecule has 2 N–H and O–H groups in total. The van der Waals surface area contributed by atoms with Gasteiger partial charge in [0.2, 0.25) is 5.91 Å². The molecule has 1 fully saturated rings. The number of rotatable bonds is 5. The third-order valence-corrected chi connectivity index (χ3v) is 4.18. The number of hydrogen-bond acceptors (Lipinski definition) is 3. The lowest BCUT2D eigenvalue weighted by Gasteiger charge is -2.10. The van der Waals surface area contributed by atoms with Gasteiger partial charge in [-0.15, -0.1) is 0 Å². The van der Waals surface area contributed by atoms with Crippen LogP contribution in [0.15, 0.2) is 16.8 Å². The average molecular weight is 267 g/mol. The van der Waals surface area contributed by atoms with Gasteiger partial charge < -0.3 is 10.4 Å². The van der Waals surface area contributed by atoms with Gasteiger partial charge in [-0.25, -0.2) is 0 Å². The Morgan fingerprint density at radius 3 is 2.78 bits per heavy atom. The van der Waals surface area contributed by atoms with Crippen molar-refractivity contribution in [1.82, 2.24) is 5.32 Å². The largest absolute Gasteiger partial charge is 0.481 e. The Kier molecular flexibility index (Phi) is 4.36. The standard InChI is InChI=1S/C13H17NO3S/c15-12(10-1-2-11(7-10)13(16)17)14-5-3-9-4-6-18-8-9/h4,6,8,10-11H,1-3,5,7H2,(H,14,15)(H,16,17)/t10-,11+/m0/s1. The molecule has 1 aliphatic rings. The maximum atomic E-state index is 11.8. The van der Waals surface area contributed by atoms with E-state index in [9.17, 15) is 9.59 Å². The fourth-order valence-electron chi connectivity index (χ4n) is 2.35. The maximum Gasteiger partial charge on any atom is 0.306 e. The Hall–Kier alpha value is -1.36. The van der Waals surface area contributed by atoms with E-state index in [0.717, 1.165) is 6.42 Å². The second-order valence-electron chi connectivity index (χ2n) is 4.72. The lowest BCUT2D eigenvalue weighted by atomic mass is 10.0. The van der Waals surface area contributed by atoms with Crippen LogP contribution < -0.4 is 5.32 Å². The van der Waals surface area contributed by atoms with E-state index in [1.807, 2.05) is 11.4 Å². The van der Waals surface area contributed by atoms with Gasteiger partial charge in [0.1, 0.15) is 0 Å². The highest BCUT2D eigenvalue weighted by molar-refractivity contribution is 7.07. The number of carbonyl (C=O) groups excluding carboxylic acids is 1. The van der Waals surface area contributed by atoms with Gasteiger partial charge in [0.05, 0.1) is 5.92 Å². The summed E-state index contributed by atoms with van der Waals surface area (Å²) in [5.74, 6) is -1.22. The number of hydrogen-bond donors (Lipinski definition) is 2. The first-order chi connectivity index (χ1) is 8.66. The topological polar surface area (TPSA) is 66.4 Å². The van der Waals surface area contributed by atoms with E-state index in [0.29, 0.717) is 25.8 Å². The zero-order chi connectivity index (χ0) is 13.0. The minimum Gasteiger partial charge on any atom is -0.481 e. The highest BCUT2D eigenvalue weighted by atomic mass is 32.1. The van der Waals surface area contributed by atoms with Gasteiger partial charge in [-0.3, -0.25) is 9.59 Å². The van der Waals surface area contributed by atoms with Crippen LogP contribution in [-0.2, 0) is 16.0 Å². The van der Waals surface area contributed by atoms with E-state index in [1.54, 1.807) is 11.3 Å². The number of carbonyl (C=O) groups is 2. The third-order valence-electron chi connectivity index (χ3n) is 3.45. The van der Waals surface area contributed by atoms with Crippen LogP contribution in [0.2, 0.25) is 0 Å². The quantitative estimate of drug-likeness (QED) is 0.856. The van der Waals surface area contributed by atoms with Crippen LogP contribution in [-0.4, -0.2) is 23.5 Å². The molecule has 18 heavy (non-hydrogen) atoms. The Labute approximate surface area is 110 Å². The Morgan fingerprint density at radius 2 is 2.17 bits per heavy atom. The minimum absolute atomic E-state index is 0.00831. The van der Waals surface area contributed by atoms with Crippen LogP contribution >= 0.6 is 11.3 Å². The average Bonchev–Trinajstić information content (AvgIpc) is 2.99. The number of nitrogens with one attached hydrogen (secondary N) is 1. The molecule has 2 rings (SSSR count). The van der Waals surface area contributed by atoms with Crippen molar-refractivity contribution in [3.05, 3.63) is 22.4 Å². The van der Waals surface area contributed by atoms with E-state index >= 15 is 0 Å². The molecule has 1 amide bonds. The van der Waals surface area contributed by atoms with Crippen LogP contribution in [0.25, 0.3) is 0 Å². The first kappa shape index (κ1) is 13.1. The number of aliphatic carboxylic acids is 1. The van der Waals surface area contributed by atoms with Crippen molar-refractivity contribution in [2.45, 2.75) is 25.7 Å². The summed E-state index contributed by atoms with van der Waals surface area (Å²) in [4.78, 5) is 22.6. The SMILES string of the molecule is O=C(O)[C@@H]1CC[C@H](C(=O)NCCc2ccsc2)C1. The molecular formula is C13H17NO3S. The summed E-state index contributed by atoms with van der Waals surface area (Å²) in [6, 6.07) is 2.05. The van der Waals surface area contributed by atoms with Crippen molar-refractivity contribution < 1.29 is 14.7 Å². The molecule has 0 aromatic carbocycles. The van der Waals surface area contributed by atoms with Crippen LogP contribution in [0, 0.1) is 11.8 Å². The molecule has 98 valence electrons. The lowest BCUT2D eigenvalue weighted by molar-refractivity contribution is -0.141. The molecule has 1 aliphatic carbocycles. The first-order valence-corrected chi connectivity index (χ1v) is 7.12. The molecule has 1 heterocycles. The summed E-state index contributed by atoms with van der Waals surface area (Å²) in [5, 5.41) is 15.9. The summed E-state index contributed by atoms with van der Waals surface area (Å²) in [6.45, 7) is 0.629. The Balaban J connectivity index is 1.71. The molecule has 0 aliphatic heterocycles. The monoisotopic (exact) mass is 267 g/mol. The first-order valence-electron chi connectivity index (χ1n) is 6.18. The van der Waals surface area contributed by atoms with Crippen LogP contribution in [0.1, 0.15) is 24.8 Å². The molecule has 0 saturated heterocycles. The second-order valence-corrected chi connectivity index (χ2v) is 5.50. The summed E-state index contributed by atoms with van der Waals surface area (Å²) >= 11 is 1.65. The van der Waals surface area contributed by atoms with E-state index in [-0.39, 0.29) is 17.7 Å². The predicted molar refractivity (Wildman–Crippen MR) is 69.5 cm³/mol. The van der Waals surface area contributed by atoms with Gasteiger partial charge in [-0.1, -0.05) is 0 Å². The van der Waals surface area contributed by atoms with Gasteiger partial charge in [0.15, 0.2) is 0 Å².